The van der Waals surface area contributed by atoms with Crippen LogP contribution in [0.25, 0.3) is 0 Å². The molecule has 0 aromatic rings. The van der Waals surface area contributed by atoms with Crippen LogP contribution < -0.4 is 5.32 Å². The molecule has 0 heterocycles. The zero-order chi connectivity index (χ0) is 11.7. The molecule has 0 aromatic carbocycles. The van der Waals surface area contributed by atoms with Crippen LogP contribution in [-0.4, -0.2) is 32.3 Å². The first-order valence-electron chi connectivity index (χ1n) is 4.80. The third kappa shape index (κ3) is 11.1. The first-order valence-corrected chi connectivity index (χ1v) is 4.80. The lowest BCUT2D eigenvalue weighted by atomic mass is 10.2. The molecule has 3 nitrogen and oxygen atoms in total. The molecule has 0 fully saturated rings. The molecule has 0 aliphatic carbocycles. The van der Waals surface area contributed by atoms with Gasteiger partial charge in [-0.1, -0.05) is 0 Å². The van der Waals surface area contributed by atoms with Crippen LogP contribution in [-0.2, 0) is 9.53 Å². The predicted molar refractivity (Wildman–Crippen MR) is 49.4 cm³/mol. The van der Waals surface area contributed by atoms with Crippen LogP contribution in [0.3, 0.4) is 0 Å². The van der Waals surface area contributed by atoms with Crippen LogP contribution in [0.1, 0.15) is 25.7 Å². The lowest BCUT2D eigenvalue weighted by Gasteiger charge is -2.06. The van der Waals surface area contributed by atoms with Crippen molar-refractivity contribution in [3.8, 4) is 0 Å². The van der Waals surface area contributed by atoms with E-state index >= 15 is 0 Å². The lowest BCUT2D eigenvalue weighted by molar-refractivity contribution is -0.140. The van der Waals surface area contributed by atoms with Gasteiger partial charge in [-0.3, -0.25) is 4.79 Å². The normalized spacial score (nSPS) is 11.5. The van der Waals surface area contributed by atoms with Gasteiger partial charge in [0.2, 0.25) is 0 Å². The smallest absolute Gasteiger partial charge is 0.389 e. The number of alkyl halides is 3. The van der Waals surface area contributed by atoms with Crippen molar-refractivity contribution in [2.45, 2.75) is 31.9 Å². The number of esters is 1. The highest BCUT2D eigenvalue weighted by molar-refractivity contribution is 5.69. The molecule has 0 saturated heterocycles. The monoisotopic (exact) mass is 227 g/mol. The summed E-state index contributed by atoms with van der Waals surface area (Å²) in [7, 11) is 1.30. The van der Waals surface area contributed by atoms with Gasteiger partial charge >= 0.3 is 12.1 Å². The average molecular weight is 227 g/mol. The molecule has 6 heteroatoms. The van der Waals surface area contributed by atoms with Crippen LogP contribution in [0.2, 0.25) is 0 Å². The molecule has 0 saturated carbocycles. The zero-order valence-corrected chi connectivity index (χ0v) is 8.69. The van der Waals surface area contributed by atoms with E-state index in [1.54, 1.807) is 0 Å². The summed E-state index contributed by atoms with van der Waals surface area (Å²) in [6, 6.07) is 0. The van der Waals surface area contributed by atoms with Gasteiger partial charge in [-0.25, -0.2) is 0 Å². The summed E-state index contributed by atoms with van der Waals surface area (Å²) in [6.07, 6.45) is -3.98. The maximum atomic E-state index is 11.7. The molecule has 0 unspecified atom stereocenters. The van der Waals surface area contributed by atoms with Gasteiger partial charge in [0, 0.05) is 13.0 Å². The van der Waals surface area contributed by atoms with E-state index in [-0.39, 0.29) is 18.8 Å². The number of carbonyl (C=O) groups is 1. The number of halogens is 3. The van der Waals surface area contributed by atoms with E-state index in [4.69, 9.17) is 0 Å². The van der Waals surface area contributed by atoms with Gasteiger partial charge in [0.25, 0.3) is 0 Å². The van der Waals surface area contributed by atoms with Crippen LogP contribution >= 0.6 is 0 Å². The fraction of sp³-hybridized carbons (Fsp3) is 0.889. The molecule has 0 aromatic heterocycles. The summed E-state index contributed by atoms with van der Waals surface area (Å²) < 4.78 is 39.5. The quantitative estimate of drug-likeness (QED) is 0.533. The van der Waals surface area contributed by atoms with Crippen molar-refractivity contribution in [3.63, 3.8) is 0 Å². The highest BCUT2D eigenvalue weighted by Gasteiger charge is 2.25. The maximum Gasteiger partial charge on any atom is 0.389 e. The molecule has 0 aliphatic heterocycles. The van der Waals surface area contributed by atoms with Crippen molar-refractivity contribution in [2.24, 2.45) is 0 Å². The van der Waals surface area contributed by atoms with Gasteiger partial charge in [0.1, 0.15) is 0 Å². The van der Waals surface area contributed by atoms with Crippen LogP contribution in [0, 0.1) is 0 Å². The Morgan fingerprint density at radius 1 is 1.27 bits per heavy atom. The molecule has 0 spiro atoms. The van der Waals surface area contributed by atoms with E-state index in [9.17, 15) is 18.0 Å². The summed E-state index contributed by atoms with van der Waals surface area (Å²) in [5, 5.41) is 2.87. The Labute approximate surface area is 87.0 Å². The number of hydrogen-bond acceptors (Lipinski definition) is 3. The second-order valence-electron chi connectivity index (χ2n) is 3.15. The van der Waals surface area contributed by atoms with Crippen LogP contribution in [0.15, 0.2) is 0 Å². The fourth-order valence-electron chi connectivity index (χ4n) is 0.993. The topological polar surface area (TPSA) is 38.3 Å². The summed E-state index contributed by atoms with van der Waals surface area (Å²) in [4.78, 5) is 10.6. The third-order valence-corrected chi connectivity index (χ3v) is 1.80. The Morgan fingerprint density at radius 2 is 1.93 bits per heavy atom. The first-order chi connectivity index (χ1) is 6.95. The van der Waals surface area contributed by atoms with Gasteiger partial charge in [0.05, 0.1) is 13.5 Å². The standard InChI is InChI=1S/C9H16F3NO2/c1-15-8(14)4-7-13-6-3-2-5-9(10,11)12/h13H,2-7H2,1H3. The minimum atomic E-state index is -4.06. The van der Waals surface area contributed by atoms with Crippen molar-refractivity contribution >= 4 is 5.97 Å². The Hall–Kier alpha value is -0.780. The fourth-order valence-corrected chi connectivity index (χ4v) is 0.993. The predicted octanol–water partition coefficient (Wildman–Crippen LogP) is 1.87. The van der Waals surface area contributed by atoms with Gasteiger partial charge < -0.3 is 10.1 Å². The highest BCUT2D eigenvalue weighted by Crippen LogP contribution is 2.21. The number of rotatable bonds is 7. The number of methoxy groups -OCH3 is 1. The van der Waals surface area contributed by atoms with E-state index < -0.39 is 12.6 Å². The molecule has 0 atom stereocenters. The molecule has 90 valence electrons. The summed E-state index contributed by atoms with van der Waals surface area (Å²) in [5.74, 6) is -0.321. The summed E-state index contributed by atoms with van der Waals surface area (Å²) in [5.41, 5.74) is 0. The number of nitrogens with one attached hydrogen (secondary N) is 1. The molecule has 0 rings (SSSR count). The van der Waals surface area contributed by atoms with Gasteiger partial charge in [-0.15, -0.1) is 0 Å². The minimum absolute atomic E-state index is 0.120. The SMILES string of the molecule is COC(=O)CCNCCCCC(F)(F)F. The van der Waals surface area contributed by atoms with Crippen LogP contribution in [0.5, 0.6) is 0 Å². The van der Waals surface area contributed by atoms with Crippen molar-refractivity contribution < 1.29 is 22.7 Å². The Bertz CT molecular complexity index is 183. The second kappa shape index (κ2) is 7.50. The van der Waals surface area contributed by atoms with E-state index in [2.05, 4.69) is 10.1 Å². The molecule has 0 aliphatic rings. The zero-order valence-electron chi connectivity index (χ0n) is 8.69. The van der Waals surface area contributed by atoms with Crippen molar-refractivity contribution in [3.05, 3.63) is 0 Å². The molecular formula is C9H16F3NO2. The third-order valence-electron chi connectivity index (χ3n) is 1.80. The summed E-state index contributed by atoms with van der Waals surface area (Å²) >= 11 is 0. The van der Waals surface area contributed by atoms with E-state index in [1.807, 2.05) is 0 Å². The lowest BCUT2D eigenvalue weighted by Crippen LogP contribution is -2.20. The average Bonchev–Trinajstić information content (AvgIpc) is 2.14. The van der Waals surface area contributed by atoms with Gasteiger partial charge in [-0.2, -0.15) is 13.2 Å². The maximum absolute atomic E-state index is 11.7. The molecule has 0 bridgehead atoms. The number of ether oxygens (including phenoxy) is 1. The molecule has 0 amide bonds. The van der Waals surface area contributed by atoms with E-state index in [1.165, 1.54) is 7.11 Å². The largest absolute Gasteiger partial charge is 0.469 e. The minimum Gasteiger partial charge on any atom is -0.469 e. The van der Waals surface area contributed by atoms with E-state index in [0.29, 0.717) is 19.5 Å². The first kappa shape index (κ1) is 14.2. The van der Waals surface area contributed by atoms with Crippen LogP contribution in [0.4, 0.5) is 13.2 Å². The van der Waals surface area contributed by atoms with Gasteiger partial charge in [-0.05, 0) is 19.4 Å². The number of unbranched alkanes of at least 4 members (excludes halogenated alkanes) is 1. The van der Waals surface area contributed by atoms with Crippen molar-refractivity contribution in [1.29, 1.82) is 0 Å². The number of carbonyl (C=O) groups excluding carboxylic acids is 1. The summed E-state index contributed by atoms with van der Waals surface area (Å²) in [6.45, 7) is 0.936. The van der Waals surface area contributed by atoms with Crippen molar-refractivity contribution in [2.75, 3.05) is 20.2 Å². The Balaban J connectivity index is 3.16. The molecular weight excluding hydrogens is 211 g/mol. The Kier molecular flexibility index (Phi) is 7.11. The van der Waals surface area contributed by atoms with Crippen molar-refractivity contribution in [1.82, 2.24) is 5.32 Å². The molecule has 0 radical (unpaired) electrons. The van der Waals surface area contributed by atoms with E-state index in [0.717, 1.165) is 0 Å². The highest BCUT2D eigenvalue weighted by atomic mass is 19.4. The second-order valence-corrected chi connectivity index (χ2v) is 3.15. The number of hydrogen-bond donors (Lipinski definition) is 1. The molecule has 1 N–H and O–H groups in total. The molecule has 15 heavy (non-hydrogen) atoms. The Morgan fingerprint density at radius 3 is 2.47 bits per heavy atom. The van der Waals surface area contributed by atoms with Gasteiger partial charge in [0.15, 0.2) is 0 Å².